The number of hydrogen-bond acceptors (Lipinski definition) is 3. The Morgan fingerprint density at radius 1 is 1.40 bits per heavy atom. The van der Waals surface area contributed by atoms with E-state index in [4.69, 9.17) is 0 Å². The molecule has 4 heteroatoms. The Morgan fingerprint density at radius 2 is 2.07 bits per heavy atom. The molecule has 0 aromatic carbocycles. The third-order valence-corrected chi connectivity index (χ3v) is 3.16. The zero-order valence-electron chi connectivity index (χ0n) is 9.70. The van der Waals surface area contributed by atoms with Gasteiger partial charge in [-0.25, -0.2) is 0 Å². The lowest BCUT2D eigenvalue weighted by atomic mass is 9.85. The van der Waals surface area contributed by atoms with Crippen LogP contribution in [-0.2, 0) is 4.79 Å². The van der Waals surface area contributed by atoms with Crippen molar-refractivity contribution in [2.75, 3.05) is 27.2 Å². The number of carbonyl (C=O) groups is 1. The molecule has 1 aliphatic rings. The molecule has 1 fully saturated rings. The fraction of sp³-hybridized carbons (Fsp3) is 0.909. The van der Waals surface area contributed by atoms with Crippen molar-refractivity contribution in [3.8, 4) is 0 Å². The Morgan fingerprint density at radius 3 is 2.67 bits per heavy atom. The number of amides is 1. The van der Waals surface area contributed by atoms with Crippen molar-refractivity contribution < 1.29 is 9.90 Å². The summed E-state index contributed by atoms with van der Waals surface area (Å²) < 4.78 is 0. The first kappa shape index (κ1) is 12.5. The zero-order chi connectivity index (χ0) is 11.3. The van der Waals surface area contributed by atoms with Crippen molar-refractivity contribution in [1.82, 2.24) is 10.2 Å². The summed E-state index contributed by atoms with van der Waals surface area (Å²) >= 11 is 0. The molecule has 15 heavy (non-hydrogen) atoms. The molecule has 0 radical (unpaired) electrons. The van der Waals surface area contributed by atoms with E-state index in [0.29, 0.717) is 18.5 Å². The third kappa shape index (κ3) is 3.80. The van der Waals surface area contributed by atoms with Crippen LogP contribution < -0.4 is 5.32 Å². The molecule has 0 saturated heterocycles. The van der Waals surface area contributed by atoms with E-state index in [-0.39, 0.29) is 12.5 Å². The van der Waals surface area contributed by atoms with Crippen molar-refractivity contribution in [3.63, 3.8) is 0 Å². The largest absolute Gasteiger partial charge is 0.396 e. The minimum Gasteiger partial charge on any atom is -0.396 e. The molecule has 1 rings (SSSR count). The second kappa shape index (κ2) is 6.08. The SMILES string of the molecule is CN(C)C(=O)CNC1CCCCC1CO. The zero-order valence-corrected chi connectivity index (χ0v) is 9.70. The second-order valence-electron chi connectivity index (χ2n) is 4.50. The van der Waals surface area contributed by atoms with Crippen LogP contribution in [0.1, 0.15) is 25.7 Å². The normalized spacial score (nSPS) is 26.3. The van der Waals surface area contributed by atoms with E-state index in [2.05, 4.69) is 5.32 Å². The third-order valence-electron chi connectivity index (χ3n) is 3.16. The molecule has 0 heterocycles. The summed E-state index contributed by atoms with van der Waals surface area (Å²) in [5, 5.41) is 12.5. The van der Waals surface area contributed by atoms with E-state index < -0.39 is 0 Å². The minimum atomic E-state index is 0.0947. The number of nitrogens with zero attached hydrogens (tertiary/aromatic N) is 1. The fourth-order valence-corrected chi connectivity index (χ4v) is 2.07. The van der Waals surface area contributed by atoms with E-state index in [1.165, 1.54) is 12.8 Å². The average Bonchev–Trinajstić information content (AvgIpc) is 2.26. The van der Waals surface area contributed by atoms with Crippen LogP contribution in [0.2, 0.25) is 0 Å². The van der Waals surface area contributed by atoms with Crippen molar-refractivity contribution >= 4 is 5.91 Å². The van der Waals surface area contributed by atoms with Crippen LogP contribution >= 0.6 is 0 Å². The smallest absolute Gasteiger partial charge is 0.236 e. The summed E-state index contributed by atoms with van der Waals surface area (Å²) in [6.45, 7) is 0.613. The lowest BCUT2D eigenvalue weighted by molar-refractivity contribution is -0.128. The van der Waals surface area contributed by atoms with Gasteiger partial charge >= 0.3 is 0 Å². The topological polar surface area (TPSA) is 52.6 Å². The molecule has 2 unspecified atom stereocenters. The average molecular weight is 214 g/mol. The lowest BCUT2D eigenvalue weighted by Gasteiger charge is -2.31. The standard InChI is InChI=1S/C11H22N2O2/c1-13(2)11(15)7-12-10-6-4-3-5-9(10)8-14/h9-10,12,14H,3-8H2,1-2H3. The number of likely N-dealkylation sites (N-methyl/N-ethyl adjacent to an activating group) is 1. The molecule has 0 aromatic rings. The van der Waals surface area contributed by atoms with Gasteiger partial charge in [-0.2, -0.15) is 0 Å². The van der Waals surface area contributed by atoms with E-state index in [9.17, 15) is 9.90 Å². The molecule has 0 aromatic heterocycles. The number of aliphatic hydroxyl groups is 1. The Labute approximate surface area is 91.6 Å². The highest BCUT2D eigenvalue weighted by Crippen LogP contribution is 2.23. The Balaban J connectivity index is 2.32. The predicted octanol–water partition coefficient (Wildman–Crippen LogP) is 0.215. The Bertz CT molecular complexity index is 207. The van der Waals surface area contributed by atoms with Crippen LogP contribution in [0.4, 0.5) is 0 Å². The molecular weight excluding hydrogens is 192 g/mol. The molecule has 1 amide bonds. The molecular formula is C11H22N2O2. The minimum absolute atomic E-state index is 0.0947. The summed E-state index contributed by atoms with van der Waals surface area (Å²) in [5.41, 5.74) is 0. The number of aliphatic hydroxyl groups excluding tert-OH is 1. The van der Waals surface area contributed by atoms with E-state index in [1.54, 1.807) is 19.0 Å². The molecule has 1 saturated carbocycles. The highest BCUT2D eigenvalue weighted by molar-refractivity contribution is 5.77. The molecule has 0 aliphatic heterocycles. The van der Waals surface area contributed by atoms with Gasteiger partial charge in [0.15, 0.2) is 0 Å². The summed E-state index contributed by atoms with van der Waals surface area (Å²) in [4.78, 5) is 13.0. The van der Waals surface area contributed by atoms with Gasteiger partial charge in [-0.15, -0.1) is 0 Å². The van der Waals surface area contributed by atoms with Gasteiger partial charge in [-0.3, -0.25) is 4.79 Å². The van der Waals surface area contributed by atoms with Gasteiger partial charge in [-0.1, -0.05) is 12.8 Å². The monoisotopic (exact) mass is 214 g/mol. The Hall–Kier alpha value is -0.610. The molecule has 88 valence electrons. The second-order valence-corrected chi connectivity index (χ2v) is 4.50. The van der Waals surface area contributed by atoms with Gasteiger partial charge in [0.25, 0.3) is 0 Å². The van der Waals surface area contributed by atoms with Gasteiger partial charge in [0.05, 0.1) is 6.54 Å². The van der Waals surface area contributed by atoms with Crippen molar-refractivity contribution in [1.29, 1.82) is 0 Å². The first-order valence-corrected chi connectivity index (χ1v) is 5.69. The quantitative estimate of drug-likeness (QED) is 0.703. The molecule has 2 atom stereocenters. The van der Waals surface area contributed by atoms with Gasteiger partial charge in [0, 0.05) is 26.7 Å². The van der Waals surface area contributed by atoms with Crippen LogP contribution in [0.15, 0.2) is 0 Å². The summed E-state index contributed by atoms with van der Waals surface area (Å²) in [6.07, 6.45) is 4.55. The Kier molecular flexibility index (Phi) is 5.05. The number of nitrogens with one attached hydrogen (secondary N) is 1. The number of carbonyl (C=O) groups excluding carboxylic acids is 1. The highest BCUT2D eigenvalue weighted by atomic mass is 16.3. The van der Waals surface area contributed by atoms with Crippen LogP contribution in [0.25, 0.3) is 0 Å². The van der Waals surface area contributed by atoms with Gasteiger partial charge in [0.1, 0.15) is 0 Å². The van der Waals surface area contributed by atoms with Crippen LogP contribution in [-0.4, -0.2) is 49.2 Å². The molecule has 1 aliphatic carbocycles. The van der Waals surface area contributed by atoms with Gasteiger partial charge < -0.3 is 15.3 Å². The maximum Gasteiger partial charge on any atom is 0.236 e. The molecule has 4 nitrogen and oxygen atoms in total. The molecule has 0 bridgehead atoms. The number of rotatable bonds is 4. The maximum atomic E-state index is 11.4. The number of hydrogen-bond donors (Lipinski definition) is 2. The summed E-state index contributed by atoms with van der Waals surface area (Å²) in [7, 11) is 3.52. The molecule has 0 spiro atoms. The van der Waals surface area contributed by atoms with Crippen LogP contribution in [0, 0.1) is 5.92 Å². The van der Waals surface area contributed by atoms with Crippen LogP contribution in [0.5, 0.6) is 0 Å². The highest BCUT2D eigenvalue weighted by Gasteiger charge is 2.24. The first-order chi connectivity index (χ1) is 7.15. The van der Waals surface area contributed by atoms with Crippen molar-refractivity contribution in [2.24, 2.45) is 5.92 Å². The lowest BCUT2D eigenvalue weighted by Crippen LogP contribution is -2.44. The van der Waals surface area contributed by atoms with E-state index in [0.717, 1.165) is 12.8 Å². The van der Waals surface area contributed by atoms with Crippen LogP contribution in [0.3, 0.4) is 0 Å². The van der Waals surface area contributed by atoms with Gasteiger partial charge in [0.2, 0.25) is 5.91 Å². The molecule has 2 N–H and O–H groups in total. The maximum absolute atomic E-state index is 11.4. The first-order valence-electron chi connectivity index (χ1n) is 5.69. The van der Waals surface area contributed by atoms with Crippen molar-refractivity contribution in [3.05, 3.63) is 0 Å². The summed E-state index contributed by atoms with van der Waals surface area (Å²) in [5.74, 6) is 0.422. The predicted molar refractivity (Wildman–Crippen MR) is 59.5 cm³/mol. The van der Waals surface area contributed by atoms with Gasteiger partial charge in [-0.05, 0) is 18.8 Å². The van der Waals surface area contributed by atoms with E-state index >= 15 is 0 Å². The van der Waals surface area contributed by atoms with Crippen molar-refractivity contribution in [2.45, 2.75) is 31.7 Å². The van der Waals surface area contributed by atoms with E-state index in [1.807, 2.05) is 0 Å². The summed E-state index contributed by atoms with van der Waals surface area (Å²) in [6, 6.07) is 0.313. The fourth-order valence-electron chi connectivity index (χ4n) is 2.07.